The van der Waals surface area contributed by atoms with Crippen molar-refractivity contribution in [2.45, 2.75) is 193 Å². The predicted molar refractivity (Wildman–Crippen MR) is 212 cm³/mol. The van der Waals surface area contributed by atoms with Gasteiger partial charge in [0.05, 0.1) is 39.9 Å². The Labute approximate surface area is 309 Å². The first-order valence-corrected chi connectivity index (χ1v) is 22.2. The van der Waals surface area contributed by atoms with Crippen LogP contribution in [0.5, 0.6) is 0 Å². The molecule has 0 aliphatic rings. The van der Waals surface area contributed by atoms with Gasteiger partial charge in [0.25, 0.3) is 0 Å². The van der Waals surface area contributed by atoms with Gasteiger partial charge >= 0.3 is 7.82 Å². The van der Waals surface area contributed by atoms with Gasteiger partial charge in [0.15, 0.2) is 0 Å². The molecule has 0 aliphatic carbocycles. The van der Waals surface area contributed by atoms with Gasteiger partial charge in [0.1, 0.15) is 13.2 Å². The number of aliphatic hydroxyl groups excluding tert-OH is 1. The van der Waals surface area contributed by atoms with Gasteiger partial charge in [-0.3, -0.25) is 13.8 Å². The largest absolute Gasteiger partial charge is 0.472 e. The number of hydrogen-bond donors (Lipinski definition) is 3. The van der Waals surface area contributed by atoms with Crippen LogP contribution in [0.2, 0.25) is 0 Å². The molecule has 0 aromatic carbocycles. The quantitative estimate of drug-likeness (QED) is 0.0254. The number of aliphatic hydroxyl groups is 1. The summed E-state index contributed by atoms with van der Waals surface area (Å²) < 4.78 is 23.5. The molecule has 3 N–H and O–H groups in total. The van der Waals surface area contributed by atoms with E-state index >= 15 is 0 Å². The summed E-state index contributed by atoms with van der Waals surface area (Å²) in [6.45, 7) is 4.78. The maximum Gasteiger partial charge on any atom is 0.472 e. The summed E-state index contributed by atoms with van der Waals surface area (Å²) in [6, 6.07) is -0.843. The van der Waals surface area contributed by atoms with Gasteiger partial charge in [0.2, 0.25) is 5.91 Å². The lowest BCUT2D eigenvalue weighted by molar-refractivity contribution is -0.870. The number of carbonyl (C=O) groups is 1. The second-order valence-electron chi connectivity index (χ2n) is 15.4. The van der Waals surface area contributed by atoms with Gasteiger partial charge in [-0.1, -0.05) is 154 Å². The zero-order valence-corrected chi connectivity index (χ0v) is 34.3. The summed E-state index contributed by atoms with van der Waals surface area (Å²) in [4.78, 5) is 23.0. The van der Waals surface area contributed by atoms with Crippen LogP contribution in [0.3, 0.4) is 0 Å². The zero-order chi connectivity index (χ0) is 37.2. The molecule has 296 valence electrons. The third kappa shape index (κ3) is 35.4. The van der Waals surface area contributed by atoms with Gasteiger partial charge in [-0.05, 0) is 44.9 Å². The zero-order valence-electron chi connectivity index (χ0n) is 33.4. The molecule has 3 unspecified atom stereocenters. The Morgan fingerprint density at radius 1 is 0.660 bits per heavy atom. The van der Waals surface area contributed by atoms with Crippen LogP contribution in [-0.4, -0.2) is 73.4 Å². The highest BCUT2D eigenvalue weighted by Crippen LogP contribution is 2.43. The number of phosphoric acid groups is 1. The smallest absolute Gasteiger partial charge is 0.387 e. The van der Waals surface area contributed by atoms with Crippen molar-refractivity contribution in [2.75, 3.05) is 40.9 Å². The van der Waals surface area contributed by atoms with Crippen molar-refractivity contribution >= 4 is 13.7 Å². The number of nitrogens with one attached hydrogen (secondary N) is 1. The van der Waals surface area contributed by atoms with E-state index in [0.717, 1.165) is 38.5 Å². The number of quaternary nitrogens is 1. The average Bonchev–Trinajstić information content (AvgIpc) is 3.06. The summed E-state index contributed by atoms with van der Waals surface area (Å²) in [5, 5.41) is 13.7. The Morgan fingerprint density at radius 3 is 1.54 bits per heavy atom. The molecule has 0 heterocycles. The number of hydrogen-bond acceptors (Lipinski definition) is 5. The van der Waals surface area contributed by atoms with Crippen LogP contribution >= 0.6 is 7.82 Å². The van der Waals surface area contributed by atoms with E-state index in [1.165, 1.54) is 122 Å². The molecule has 0 aromatic rings. The summed E-state index contributed by atoms with van der Waals surface area (Å²) >= 11 is 0. The molecular weight excluding hydrogens is 647 g/mol. The monoisotopic (exact) mass is 730 g/mol. The maximum absolute atomic E-state index is 12.8. The van der Waals surface area contributed by atoms with Crippen molar-refractivity contribution < 1.29 is 32.9 Å². The minimum atomic E-state index is -4.33. The second-order valence-corrected chi connectivity index (χ2v) is 16.8. The molecule has 0 radical (unpaired) electrons. The van der Waals surface area contributed by atoms with E-state index in [9.17, 15) is 19.4 Å². The topological polar surface area (TPSA) is 105 Å². The SMILES string of the molecule is CCCCCCCCC/C=C\CCCCCCCCCC(=O)NC(COP(=O)(O)OCC[N+](C)(C)C)C(O)/C=C/CCCCCCCCCC. The molecule has 50 heavy (non-hydrogen) atoms. The second kappa shape index (κ2) is 33.8. The number of likely N-dealkylation sites (N-methyl/N-ethyl adjacent to an activating group) is 1. The summed E-state index contributed by atoms with van der Waals surface area (Å²) in [5.74, 6) is -0.184. The molecule has 0 fully saturated rings. The number of phosphoric ester groups is 1. The lowest BCUT2D eigenvalue weighted by atomic mass is 10.1. The molecule has 1 amide bonds. The molecule has 0 saturated heterocycles. The van der Waals surface area contributed by atoms with Crippen molar-refractivity contribution in [3.63, 3.8) is 0 Å². The Kier molecular flexibility index (Phi) is 33.1. The van der Waals surface area contributed by atoms with Gasteiger partial charge < -0.3 is 19.8 Å². The molecule has 9 heteroatoms. The lowest BCUT2D eigenvalue weighted by Gasteiger charge is -2.25. The number of allylic oxidation sites excluding steroid dienone is 3. The lowest BCUT2D eigenvalue weighted by Crippen LogP contribution is -2.45. The Balaban J connectivity index is 4.39. The molecule has 0 aliphatic heterocycles. The first-order valence-electron chi connectivity index (χ1n) is 20.7. The number of unbranched alkanes of at least 4 members (excludes halogenated alkanes) is 22. The van der Waals surface area contributed by atoms with Crippen LogP contribution in [0.15, 0.2) is 24.3 Å². The van der Waals surface area contributed by atoms with Gasteiger partial charge in [-0.15, -0.1) is 0 Å². The Bertz CT molecular complexity index is 876. The van der Waals surface area contributed by atoms with Crippen LogP contribution < -0.4 is 5.32 Å². The van der Waals surface area contributed by atoms with Crippen molar-refractivity contribution in [3.05, 3.63) is 24.3 Å². The van der Waals surface area contributed by atoms with Crippen molar-refractivity contribution in [1.29, 1.82) is 0 Å². The van der Waals surface area contributed by atoms with Crippen molar-refractivity contribution in [3.8, 4) is 0 Å². The standard InChI is InChI=1S/C41H81N2O6P/c1-6-8-10-12-14-16-18-19-20-21-22-23-24-25-27-29-31-33-35-41(45)42-39(38-49-50(46,47)48-37-36-43(3,4)5)40(44)34-32-30-28-26-17-15-13-11-9-7-2/h20-21,32,34,39-40,44H,6-19,22-31,33,35-38H2,1-5H3,(H-,42,45,46,47)/p+1/b21-20-,34-32+. The molecular formula is C41H82N2O6P+. The van der Waals surface area contributed by atoms with E-state index in [1.54, 1.807) is 6.08 Å². The number of carbonyl (C=O) groups excluding carboxylic acids is 1. The summed E-state index contributed by atoms with van der Waals surface area (Å²) in [7, 11) is 1.57. The normalized spacial score (nSPS) is 14.8. The highest BCUT2D eigenvalue weighted by molar-refractivity contribution is 7.47. The number of rotatable bonds is 37. The van der Waals surface area contributed by atoms with Crippen molar-refractivity contribution in [2.24, 2.45) is 0 Å². The summed E-state index contributed by atoms with van der Waals surface area (Å²) in [5.41, 5.74) is 0. The van der Waals surface area contributed by atoms with Crippen LogP contribution in [0, 0.1) is 0 Å². The van der Waals surface area contributed by atoms with Gasteiger partial charge in [0, 0.05) is 6.42 Å². The first kappa shape index (κ1) is 49.0. The van der Waals surface area contributed by atoms with Crippen LogP contribution in [-0.2, 0) is 18.4 Å². The van der Waals surface area contributed by atoms with Crippen LogP contribution in [0.1, 0.15) is 181 Å². The molecule has 0 aromatic heterocycles. The number of amides is 1. The first-order chi connectivity index (χ1) is 24.0. The number of nitrogens with zero attached hydrogens (tertiary/aromatic N) is 1. The fourth-order valence-corrected chi connectivity index (χ4v) is 6.53. The molecule has 0 saturated carbocycles. The van der Waals surface area contributed by atoms with E-state index < -0.39 is 20.0 Å². The molecule has 0 spiro atoms. The molecule has 3 atom stereocenters. The Morgan fingerprint density at radius 2 is 1.08 bits per heavy atom. The fraction of sp³-hybridized carbons (Fsp3) is 0.878. The molecule has 8 nitrogen and oxygen atoms in total. The Hall–Kier alpha value is -1.02. The highest BCUT2D eigenvalue weighted by Gasteiger charge is 2.27. The minimum absolute atomic E-state index is 0.0613. The average molecular weight is 730 g/mol. The van der Waals surface area contributed by atoms with Gasteiger partial charge in [-0.2, -0.15) is 0 Å². The van der Waals surface area contributed by atoms with Crippen LogP contribution in [0.4, 0.5) is 0 Å². The van der Waals surface area contributed by atoms with Gasteiger partial charge in [-0.25, -0.2) is 4.57 Å². The van der Waals surface area contributed by atoms with Crippen LogP contribution in [0.25, 0.3) is 0 Å². The van der Waals surface area contributed by atoms with E-state index in [0.29, 0.717) is 17.4 Å². The molecule has 0 bridgehead atoms. The predicted octanol–water partition coefficient (Wildman–Crippen LogP) is 11.0. The van der Waals surface area contributed by atoms with E-state index in [1.807, 2.05) is 27.2 Å². The van der Waals surface area contributed by atoms with E-state index in [2.05, 4.69) is 31.3 Å². The van der Waals surface area contributed by atoms with E-state index in [-0.39, 0.29) is 19.1 Å². The third-order valence-corrected chi connectivity index (χ3v) is 10.1. The molecule has 0 rings (SSSR count). The fourth-order valence-electron chi connectivity index (χ4n) is 5.80. The van der Waals surface area contributed by atoms with Crippen molar-refractivity contribution in [1.82, 2.24) is 5.32 Å². The highest BCUT2D eigenvalue weighted by atomic mass is 31.2. The maximum atomic E-state index is 12.8. The third-order valence-electron chi connectivity index (χ3n) is 9.17. The summed E-state index contributed by atoms with van der Waals surface area (Å²) in [6.07, 6.45) is 38.1. The van der Waals surface area contributed by atoms with E-state index in [4.69, 9.17) is 9.05 Å². The minimum Gasteiger partial charge on any atom is -0.387 e.